The Hall–Kier alpha value is -5.86. The van der Waals surface area contributed by atoms with Crippen LogP contribution in [0, 0.1) is 6.92 Å². The van der Waals surface area contributed by atoms with Crippen LogP contribution >= 0.6 is 0 Å². The first-order valence-electron chi connectivity index (χ1n) is 15.5. The van der Waals surface area contributed by atoms with E-state index in [9.17, 15) is 0 Å². The number of para-hydroxylation sites is 4. The highest BCUT2D eigenvalue weighted by molar-refractivity contribution is 6.11. The largest absolute Gasteiger partial charge is 0.309 e. The molecule has 0 N–H and O–H groups in total. The van der Waals surface area contributed by atoms with Gasteiger partial charge in [-0.3, -0.25) is 0 Å². The fourth-order valence-corrected chi connectivity index (χ4v) is 7.06. The molecule has 0 aliphatic rings. The number of hydrogen-bond donors (Lipinski definition) is 0. The Labute approximate surface area is 262 Å². The molecule has 0 atom stereocenters. The van der Waals surface area contributed by atoms with Crippen LogP contribution in [0.4, 0.5) is 0 Å². The van der Waals surface area contributed by atoms with Crippen LogP contribution in [0.25, 0.3) is 77.2 Å². The van der Waals surface area contributed by atoms with E-state index in [1.54, 1.807) is 0 Å². The van der Waals surface area contributed by atoms with E-state index < -0.39 is 0 Å². The zero-order valence-electron chi connectivity index (χ0n) is 25.0. The number of aromatic nitrogens is 2. The lowest BCUT2D eigenvalue weighted by molar-refractivity contribution is 1.15. The van der Waals surface area contributed by atoms with Crippen LogP contribution in [-0.2, 0) is 0 Å². The molecule has 0 saturated heterocycles. The molecule has 7 aromatic carbocycles. The molecule has 0 bridgehead atoms. The quantitative estimate of drug-likeness (QED) is 0.198. The van der Waals surface area contributed by atoms with Crippen LogP contribution < -0.4 is 0 Å². The predicted octanol–water partition coefficient (Wildman–Crippen LogP) is 11.5. The number of aryl methyl sites for hydroxylation is 1. The normalized spacial score (nSPS) is 11.7. The van der Waals surface area contributed by atoms with Gasteiger partial charge in [-0.25, -0.2) is 0 Å². The van der Waals surface area contributed by atoms with Crippen molar-refractivity contribution in [3.8, 4) is 33.6 Å². The van der Waals surface area contributed by atoms with Gasteiger partial charge in [0.1, 0.15) is 0 Å². The average molecular weight is 575 g/mol. The van der Waals surface area contributed by atoms with E-state index in [1.807, 2.05) is 0 Å². The van der Waals surface area contributed by atoms with Crippen molar-refractivity contribution in [2.75, 3.05) is 0 Å². The van der Waals surface area contributed by atoms with E-state index in [0.717, 1.165) is 5.69 Å². The number of hydrogen-bond acceptors (Lipinski definition) is 0. The third-order valence-electron chi connectivity index (χ3n) is 9.22. The van der Waals surface area contributed by atoms with Crippen molar-refractivity contribution in [1.29, 1.82) is 0 Å². The highest BCUT2D eigenvalue weighted by Gasteiger charge is 2.18. The summed E-state index contributed by atoms with van der Waals surface area (Å²) in [5.41, 5.74) is 13.3. The van der Waals surface area contributed by atoms with Crippen molar-refractivity contribution < 1.29 is 0 Å². The Bertz CT molecular complexity index is 2420. The molecule has 0 unspecified atom stereocenters. The van der Waals surface area contributed by atoms with Crippen LogP contribution in [0.2, 0.25) is 0 Å². The van der Waals surface area contributed by atoms with Gasteiger partial charge in [0.25, 0.3) is 0 Å². The Balaban J connectivity index is 1.32. The van der Waals surface area contributed by atoms with Crippen molar-refractivity contribution in [3.63, 3.8) is 0 Å². The topological polar surface area (TPSA) is 9.86 Å². The lowest BCUT2D eigenvalue weighted by Crippen LogP contribution is -2.00. The van der Waals surface area contributed by atoms with Crippen LogP contribution in [0.15, 0.2) is 164 Å². The lowest BCUT2D eigenvalue weighted by Gasteiger charge is -2.17. The zero-order valence-corrected chi connectivity index (χ0v) is 25.0. The summed E-state index contributed by atoms with van der Waals surface area (Å²) in [7, 11) is 0. The van der Waals surface area contributed by atoms with Gasteiger partial charge in [0.2, 0.25) is 0 Å². The Morgan fingerprint density at radius 1 is 0.356 bits per heavy atom. The van der Waals surface area contributed by atoms with E-state index in [-0.39, 0.29) is 0 Å². The molecule has 0 spiro atoms. The van der Waals surface area contributed by atoms with Crippen molar-refractivity contribution in [2.24, 2.45) is 0 Å². The van der Waals surface area contributed by atoms with Gasteiger partial charge in [-0.2, -0.15) is 0 Å². The van der Waals surface area contributed by atoms with E-state index in [1.165, 1.54) is 77.1 Å². The molecule has 212 valence electrons. The van der Waals surface area contributed by atoms with Gasteiger partial charge in [-0.05, 0) is 66.1 Å². The molecule has 2 nitrogen and oxygen atoms in total. The molecule has 2 heteroatoms. The summed E-state index contributed by atoms with van der Waals surface area (Å²) in [5.74, 6) is 0. The van der Waals surface area contributed by atoms with Crippen LogP contribution in [0.1, 0.15) is 5.56 Å². The van der Waals surface area contributed by atoms with Gasteiger partial charge in [0.15, 0.2) is 0 Å². The summed E-state index contributed by atoms with van der Waals surface area (Å²) in [6, 6.07) is 59.7. The molecule has 9 rings (SSSR count). The number of nitrogens with zero attached hydrogens (tertiary/aromatic N) is 2. The number of benzene rings is 7. The minimum Gasteiger partial charge on any atom is -0.309 e. The first-order valence-corrected chi connectivity index (χ1v) is 15.5. The highest BCUT2D eigenvalue weighted by atomic mass is 15.0. The maximum absolute atomic E-state index is 2.43. The van der Waals surface area contributed by atoms with Gasteiger partial charge in [0, 0.05) is 32.8 Å². The molecule has 2 aromatic heterocycles. The average Bonchev–Trinajstić information content (AvgIpc) is 3.62. The summed E-state index contributed by atoms with van der Waals surface area (Å²) < 4.78 is 4.84. The van der Waals surface area contributed by atoms with Gasteiger partial charge < -0.3 is 9.13 Å². The molecule has 0 saturated carbocycles. The first-order chi connectivity index (χ1) is 22.2. The van der Waals surface area contributed by atoms with Gasteiger partial charge in [-0.15, -0.1) is 0 Å². The maximum atomic E-state index is 2.43. The molecule has 2 heterocycles. The molecule has 0 radical (unpaired) electrons. The molecule has 0 aliphatic heterocycles. The fraction of sp³-hybridized carbons (Fsp3) is 0.0233. The van der Waals surface area contributed by atoms with Crippen molar-refractivity contribution in [2.45, 2.75) is 6.92 Å². The fourth-order valence-electron chi connectivity index (χ4n) is 7.06. The molecule has 9 aromatic rings. The third-order valence-corrected chi connectivity index (χ3v) is 9.22. The second-order valence-electron chi connectivity index (χ2n) is 11.9. The summed E-state index contributed by atoms with van der Waals surface area (Å²) in [6.07, 6.45) is 0. The molecule has 0 aliphatic carbocycles. The third kappa shape index (κ3) is 4.03. The van der Waals surface area contributed by atoms with Gasteiger partial charge in [-0.1, -0.05) is 127 Å². The summed E-state index contributed by atoms with van der Waals surface area (Å²) in [6.45, 7) is 2.13. The van der Waals surface area contributed by atoms with Gasteiger partial charge >= 0.3 is 0 Å². The molecule has 0 amide bonds. The summed E-state index contributed by atoms with van der Waals surface area (Å²) >= 11 is 0. The molecular weight excluding hydrogens is 544 g/mol. The van der Waals surface area contributed by atoms with Crippen LogP contribution in [0.3, 0.4) is 0 Å². The van der Waals surface area contributed by atoms with Crippen LogP contribution in [0.5, 0.6) is 0 Å². The van der Waals surface area contributed by atoms with E-state index in [2.05, 4.69) is 180 Å². The maximum Gasteiger partial charge on any atom is 0.0542 e. The van der Waals surface area contributed by atoms with E-state index >= 15 is 0 Å². The summed E-state index contributed by atoms with van der Waals surface area (Å²) in [5, 5.41) is 5.06. The minimum absolute atomic E-state index is 1.15. The second kappa shape index (κ2) is 10.1. The van der Waals surface area contributed by atoms with Crippen molar-refractivity contribution in [3.05, 3.63) is 169 Å². The Morgan fingerprint density at radius 2 is 0.756 bits per heavy atom. The van der Waals surface area contributed by atoms with Crippen molar-refractivity contribution in [1.82, 2.24) is 9.13 Å². The summed E-state index contributed by atoms with van der Waals surface area (Å²) in [4.78, 5) is 0. The SMILES string of the molecule is Cc1ccc(-c2ccc(-c3cc(-n4c5ccccc5c5ccccc54)ccc3-n3c4ccccc4c4ccccc43)cc2)cc1. The smallest absolute Gasteiger partial charge is 0.0542 e. The Morgan fingerprint density at radius 3 is 1.24 bits per heavy atom. The minimum atomic E-state index is 1.15. The number of rotatable bonds is 4. The van der Waals surface area contributed by atoms with E-state index in [0.29, 0.717) is 0 Å². The highest BCUT2D eigenvalue weighted by Crippen LogP contribution is 2.39. The second-order valence-corrected chi connectivity index (χ2v) is 11.9. The molecular formula is C43H30N2. The molecule has 0 fully saturated rings. The lowest BCUT2D eigenvalue weighted by atomic mass is 9.98. The standard InChI is InChI=1S/C43H30N2/c1-29-18-20-30(21-19-29)31-22-24-32(25-23-31)38-28-33(44-39-14-6-2-10-34(39)35-11-3-7-15-40(35)44)26-27-43(38)45-41-16-8-4-12-36(41)37-13-5-9-17-42(37)45/h2-28H,1H3. The molecule has 45 heavy (non-hydrogen) atoms. The predicted molar refractivity (Wildman–Crippen MR) is 191 cm³/mol. The van der Waals surface area contributed by atoms with E-state index in [4.69, 9.17) is 0 Å². The monoisotopic (exact) mass is 574 g/mol. The van der Waals surface area contributed by atoms with Crippen LogP contribution in [-0.4, -0.2) is 9.13 Å². The first kappa shape index (κ1) is 25.6. The van der Waals surface area contributed by atoms with Gasteiger partial charge in [0.05, 0.1) is 27.8 Å². The zero-order chi connectivity index (χ0) is 29.9. The Kier molecular flexibility index (Phi) is 5.76. The van der Waals surface area contributed by atoms with Crippen molar-refractivity contribution >= 4 is 43.6 Å². The number of fused-ring (bicyclic) bond motifs is 6.